The van der Waals surface area contributed by atoms with E-state index in [1.807, 2.05) is 19.1 Å². The Labute approximate surface area is 223 Å². The maximum atomic E-state index is 14.0. The Balaban J connectivity index is 1.58. The van der Waals surface area contributed by atoms with Crippen molar-refractivity contribution in [3.05, 3.63) is 52.4 Å². The number of fused-ring (bicyclic) bond motifs is 1. The number of aliphatic hydroxyl groups excluding tert-OH is 1. The molecule has 2 amide bonds. The van der Waals surface area contributed by atoms with Gasteiger partial charge in [-0.25, -0.2) is 14.8 Å². The molecule has 1 aromatic heterocycles. The van der Waals surface area contributed by atoms with Gasteiger partial charge in [0.2, 0.25) is 5.91 Å². The third-order valence-corrected chi connectivity index (χ3v) is 7.61. The van der Waals surface area contributed by atoms with E-state index in [9.17, 15) is 19.8 Å². The van der Waals surface area contributed by atoms with Crippen LogP contribution in [0.5, 0.6) is 0 Å². The minimum atomic E-state index is -1.13. The molecule has 1 saturated heterocycles. The van der Waals surface area contributed by atoms with Gasteiger partial charge in [-0.1, -0.05) is 30.7 Å². The molecule has 4 atom stereocenters. The van der Waals surface area contributed by atoms with Gasteiger partial charge in [0, 0.05) is 48.2 Å². The Kier molecular flexibility index (Phi) is 7.67. The van der Waals surface area contributed by atoms with E-state index in [1.54, 1.807) is 37.8 Å². The van der Waals surface area contributed by atoms with Crippen LogP contribution in [0, 0.1) is 0 Å². The molecule has 2 heterocycles. The fourth-order valence-corrected chi connectivity index (χ4v) is 5.76. The number of hydrogen-bond donors (Lipinski definition) is 2. The molecule has 0 radical (unpaired) electrons. The van der Waals surface area contributed by atoms with Crippen molar-refractivity contribution in [1.29, 1.82) is 0 Å². The van der Waals surface area contributed by atoms with Gasteiger partial charge in [0.05, 0.1) is 11.8 Å². The van der Waals surface area contributed by atoms with Crippen molar-refractivity contribution in [2.75, 3.05) is 24.5 Å². The quantitative estimate of drug-likeness (QED) is 0.600. The van der Waals surface area contributed by atoms with E-state index in [2.05, 4.69) is 21.8 Å². The highest BCUT2D eigenvalue weighted by Gasteiger charge is 2.42. The Hall–Kier alpha value is -2.91. The van der Waals surface area contributed by atoms with Crippen molar-refractivity contribution < 1.29 is 19.8 Å². The molecule has 2 N–H and O–H groups in total. The Morgan fingerprint density at radius 2 is 1.84 bits per heavy atom. The monoisotopic (exact) mass is 529 g/mol. The summed E-state index contributed by atoms with van der Waals surface area (Å²) in [4.78, 5) is 40.4. The highest BCUT2D eigenvalue weighted by Crippen LogP contribution is 2.43. The van der Waals surface area contributed by atoms with Crippen LogP contribution in [0.2, 0.25) is 5.02 Å². The number of nitrogens with zero attached hydrogens (tertiary/aromatic N) is 5. The summed E-state index contributed by atoms with van der Waals surface area (Å²) in [5, 5.41) is 21.1. The third-order valence-electron chi connectivity index (χ3n) is 7.36. The Bertz CT molecular complexity index is 1150. The highest BCUT2D eigenvalue weighted by molar-refractivity contribution is 6.30. The van der Waals surface area contributed by atoms with Crippen molar-refractivity contribution in [3.63, 3.8) is 0 Å². The first-order valence-electron chi connectivity index (χ1n) is 12.7. The summed E-state index contributed by atoms with van der Waals surface area (Å²) in [5.74, 6) is 0.747. The lowest BCUT2D eigenvalue weighted by Gasteiger charge is -2.45. The number of amides is 2. The molecule has 1 aromatic carbocycles. The first-order chi connectivity index (χ1) is 17.4. The first kappa shape index (κ1) is 27.1. The van der Waals surface area contributed by atoms with Crippen LogP contribution in [-0.4, -0.2) is 79.2 Å². The predicted molar refractivity (Wildman–Crippen MR) is 142 cm³/mol. The summed E-state index contributed by atoms with van der Waals surface area (Å²) in [6.45, 7) is 10.9. The fourth-order valence-electron chi connectivity index (χ4n) is 5.63. The minimum Gasteiger partial charge on any atom is -0.465 e. The molecule has 0 bridgehead atoms. The van der Waals surface area contributed by atoms with Crippen LogP contribution in [0.3, 0.4) is 0 Å². The number of carboxylic acid groups (broad SMARTS) is 1. The van der Waals surface area contributed by atoms with Gasteiger partial charge in [-0.3, -0.25) is 9.69 Å². The van der Waals surface area contributed by atoms with Gasteiger partial charge in [-0.2, -0.15) is 0 Å². The van der Waals surface area contributed by atoms with E-state index < -0.39 is 23.8 Å². The Morgan fingerprint density at radius 1 is 1.16 bits per heavy atom. The zero-order valence-corrected chi connectivity index (χ0v) is 22.8. The Morgan fingerprint density at radius 3 is 2.43 bits per heavy atom. The normalized spacial score (nSPS) is 22.5. The molecule has 1 aliphatic heterocycles. The van der Waals surface area contributed by atoms with Crippen LogP contribution in [0.4, 0.5) is 10.6 Å². The summed E-state index contributed by atoms with van der Waals surface area (Å²) in [6.07, 6.45) is 0.658. The van der Waals surface area contributed by atoms with E-state index in [-0.39, 0.29) is 24.3 Å². The number of halogens is 1. The lowest BCUT2D eigenvalue weighted by molar-refractivity contribution is -0.139. The second kappa shape index (κ2) is 10.5. The van der Waals surface area contributed by atoms with Gasteiger partial charge in [-0.15, -0.1) is 0 Å². The number of aromatic nitrogens is 2. The number of benzene rings is 1. The van der Waals surface area contributed by atoms with Gasteiger partial charge in [0.15, 0.2) is 0 Å². The molecule has 9 nitrogen and oxygen atoms in total. The first-order valence-corrected chi connectivity index (χ1v) is 13.1. The molecule has 0 saturated carbocycles. The SMILES string of the molecule is C[C@@H]1C[C@@H](O)c2ncnc(N3CCN(C(=O)[C@@H](Cc4ccc(Cl)cc4)N(C(=O)O)C(C)(C)C)C[C@@H]3C)c21. The highest BCUT2D eigenvalue weighted by atomic mass is 35.5. The van der Waals surface area contributed by atoms with Crippen LogP contribution in [0.1, 0.15) is 69.9 Å². The van der Waals surface area contributed by atoms with Crippen molar-refractivity contribution >= 4 is 29.4 Å². The predicted octanol–water partition coefficient (Wildman–Crippen LogP) is 4.10. The molecule has 200 valence electrons. The second-order valence-corrected chi connectivity index (χ2v) is 11.6. The molecule has 0 spiro atoms. The van der Waals surface area contributed by atoms with Crippen LogP contribution in [0.25, 0.3) is 0 Å². The van der Waals surface area contributed by atoms with Crippen molar-refractivity contribution in [2.45, 2.75) is 77.1 Å². The molecular formula is C27H36ClN5O4. The summed E-state index contributed by atoms with van der Waals surface area (Å²) in [7, 11) is 0. The lowest BCUT2D eigenvalue weighted by atomic mass is 9.97. The van der Waals surface area contributed by atoms with Gasteiger partial charge in [0.1, 0.15) is 18.2 Å². The largest absolute Gasteiger partial charge is 0.465 e. The molecule has 1 fully saturated rings. The van der Waals surface area contributed by atoms with E-state index in [0.717, 1.165) is 16.9 Å². The van der Waals surface area contributed by atoms with E-state index in [1.165, 1.54) is 11.2 Å². The average Bonchev–Trinajstić information content (AvgIpc) is 3.12. The summed E-state index contributed by atoms with van der Waals surface area (Å²) in [5.41, 5.74) is 1.74. The van der Waals surface area contributed by atoms with Crippen LogP contribution in [0.15, 0.2) is 30.6 Å². The molecule has 0 unspecified atom stereocenters. The van der Waals surface area contributed by atoms with Gasteiger partial charge >= 0.3 is 6.09 Å². The summed E-state index contributed by atoms with van der Waals surface area (Å²) >= 11 is 6.04. The van der Waals surface area contributed by atoms with Gasteiger partial charge < -0.3 is 20.0 Å². The minimum absolute atomic E-state index is 0.0502. The van der Waals surface area contributed by atoms with Gasteiger partial charge in [-0.05, 0) is 57.7 Å². The molecule has 1 aliphatic carbocycles. The van der Waals surface area contributed by atoms with E-state index >= 15 is 0 Å². The van der Waals surface area contributed by atoms with E-state index in [0.29, 0.717) is 36.8 Å². The number of piperazine rings is 1. The zero-order valence-electron chi connectivity index (χ0n) is 22.1. The number of anilines is 1. The smallest absolute Gasteiger partial charge is 0.408 e. The maximum Gasteiger partial charge on any atom is 0.408 e. The maximum absolute atomic E-state index is 14.0. The van der Waals surface area contributed by atoms with Crippen LogP contribution < -0.4 is 4.90 Å². The zero-order chi connectivity index (χ0) is 27.1. The third kappa shape index (κ3) is 5.52. The second-order valence-electron chi connectivity index (χ2n) is 11.1. The average molecular weight is 530 g/mol. The molecular weight excluding hydrogens is 494 g/mol. The fraction of sp³-hybridized carbons (Fsp3) is 0.556. The lowest BCUT2D eigenvalue weighted by Crippen LogP contribution is -2.62. The number of aliphatic hydroxyl groups is 1. The molecule has 2 aromatic rings. The van der Waals surface area contributed by atoms with Gasteiger partial charge in [0.25, 0.3) is 0 Å². The van der Waals surface area contributed by atoms with Crippen molar-refractivity contribution in [2.24, 2.45) is 0 Å². The topological polar surface area (TPSA) is 110 Å². The number of carbonyl (C=O) groups excluding carboxylic acids is 1. The number of hydrogen-bond acceptors (Lipinski definition) is 6. The molecule has 4 rings (SSSR count). The van der Waals surface area contributed by atoms with Crippen molar-refractivity contribution in [3.8, 4) is 0 Å². The summed E-state index contributed by atoms with van der Waals surface area (Å²) in [6, 6.07) is 6.23. The van der Waals surface area contributed by atoms with E-state index in [4.69, 9.17) is 11.6 Å². The molecule has 10 heteroatoms. The van der Waals surface area contributed by atoms with Crippen LogP contribution in [-0.2, 0) is 11.2 Å². The molecule has 2 aliphatic rings. The number of rotatable bonds is 5. The summed E-state index contributed by atoms with van der Waals surface area (Å²) < 4.78 is 0. The number of carbonyl (C=O) groups is 2. The van der Waals surface area contributed by atoms with Crippen molar-refractivity contribution in [1.82, 2.24) is 19.8 Å². The molecule has 37 heavy (non-hydrogen) atoms. The van der Waals surface area contributed by atoms with Crippen LogP contribution >= 0.6 is 11.6 Å². The standard InChI is InChI=1S/C27H36ClN5O4/c1-16-12-21(34)23-22(16)24(30-15-29-23)32-11-10-31(14-17(32)2)25(35)20(33(26(36)37)27(3,4)5)13-18-6-8-19(28)9-7-18/h6-9,15-17,20-21,34H,10-14H2,1-5H3,(H,36,37)/t16-,17+,20-,21-/m1/s1.